The lowest BCUT2D eigenvalue weighted by Gasteiger charge is -2.02. The Morgan fingerprint density at radius 3 is 2.58 bits per heavy atom. The predicted octanol–water partition coefficient (Wildman–Crippen LogP) is 4.69. The van der Waals surface area contributed by atoms with Crippen LogP contribution in [0.25, 0.3) is 0 Å². The van der Waals surface area contributed by atoms with E-state index >= 15 is 0 Å². The maximum absolute atomic E-state index is 4.45. The number of hydrogen-bond donors (Lipinski definition) is 0. The van der Waals surface area contributed by atoms with Crippen LogP contribution in [0.1, 0.15) is 26.3 Å². The van der Waals surface area contributed by atoms with Gasteiger partial charge in [0.2, 0.25) is 0 Å². The Balaban J connectivity index is 2.81. The summed E-state index contributed by atoms with van der Waals surface area (Å²) in [6.07, 6.45) is 3.83. The highest BCUT2D eigenvalue weighted by Crippen LogP contribution is 2.21. The zero-order valence-electron chi connectivity index (χ0n) is 11.8. The molecule has 2 nitrogen and oxygen atoms in total. The minimum atomic E-state index is 0.717. The lowest BCUT2D eigenvalue weighted by molar-refractivity contribution is 1.12. The van der Waals surface area contributed by atoms with Gasteiger partial charge in [-0.05, 0) is 25.7 Å². The Kier molecular flexibility index (Phi) is 6.90. The van der Waals surface area contributed by atoms with Gasteiger partial charge in [0.05, 0.1) is 0 Å². The van der Waals surface area contributed by atoms with Crippen molar-refractivity contribution in [2.24, 2.45) is 9.98 Å². The molecular formula is C16H20N2S. The fraction of sp³-hybridized carbons (Fsp3) is 0.250. The van der Waals surface area contributed by atoms with Crippen LogP contribution in [0, 0.1) is 0 Å². The Morgan fingerprint density at radius 2 is 2.00 bits per heavy atom. The molecule has 0 radical (unpaired) electrons. The molecule has 3 heteroatoms. The molecule has 0 unspecified atom stereocenters. The van der Waals surface area contributed by atoms with Gasteiger partial charge in [0.1, 0.15) is 0 Å². The molecule has 0 saturated heterocycles. The molecule has 0 aliphatic carbocycles. The first-order valence-corrected chi connectivity index (χ1v) is 7.12. The zero-order chi connectivity index (χ0) is 14.1. The Hall–Kier alpha value is -1.61. The van der Waals surface area contributed by atoms with Gasteiger partial charge in [-0.25, -0.2) is 4.99 Å². The molecule has 0 fully saturated rings. The van der Waals surface area contributed by atoms with Crippen LogP contribution in [0.5, 0.6) is 0 Å². The van der Waals surface area contributed by atoms with E-state index in [-0.39, 0.29) is 0 Å². The van der Waals surface area contributed by atoms with Crippen LogP contribution >= 0.6 is 11.8 Å². The number of amidine groups is 1. The average Bonchev–Trinajstić information content (AvgIpc) is 2.44. The van der Waals surface area contributed by atoms with Gasteiger partial charge in [-0.1, -0.05) is 54.7 Å². The van der Waals surface area contributed by atoms with Crippen LogP contribution in [0.3, 0.4) is 0 Å². The van der Waals surface area contributed by atoms with Crippen molar-refractivity contribution in [1.29, 1.82) is 0 Å². The molecular weight excluding hydrogens is 252 g/mol. The molecule has 0 N–H and O–H groups in total. The van der Waals surface area contributed by atoms with Crippen LogP contribution in [0.15, 0.2) is 62.8 Å². The topological polar surface area (TPSA) is 24.7 Å². The predicted molar refractivity (Wildman–Crippen MR) is 88.2 cm³/mol. The van der Waals surface area contributed by atoms with Crippen molar-refractivity contribution in [2.75, 3.05) is 6.54 Å². The Labute approximate surface area is 120 Å². The highest BCUT2D eigenvalue weighted by molar-refractivity contribution is 8.07. The summed E-state index contributed by atoms with van der Waals surface area (Å²) in [6.45, 7) is 10.8. The number of aliphatic imine (C=N–C) groups is 2. The van der Waals surface area contributed by atoms with Gasteiger partial charge in [0.25, 0.3) is 0 Å². The molecule has 1 aromatic carbocycles. The highest BCUT2D eigenvalue weighted by atomic mass is 32.2. The molecule has 0 saturated carbocycles. The van der Waals surface area contributed by atoms with Crippen LogP contribution < -0.4 is 0 Å². The number of hydrogen-bond acceptors (Lipinski definition) is 2. The second-order valence-electron chi connectivity index (χ2n) is 3.89. The SMILES string of the molecule is C=C(/C=N\C(=N/CC)c1ccccc1)S/C(C)=C/C. The minimum Gasteiger partial charge on any atom is -0.267 e. The first kappa shape index (κ1) is 15.4. The zero-order valence-corrected chi connectivity index (χ0v) is 12.6. The van der Waals surface area contributed by atoms with E-state index < -0.39 is 0 Å². The molecule has 1 aromatic rings. The Morgan fingerprint density at radius 1 is 1.32 bits per heavy atom. The molecule has 0 spiro atoms. The van der Waals surface area contributed by atoms with E-state index in [4.69, 9.17) is 0 Å². The first-order chi connectivity index (χ1) is 9.17. The van der Waals surface area contributed by atoms with Gasteiger partial charge in [-0.2, -0.15) is 0 Å². The van der Waals surface area contributed by atoms with Crippen LogP contribution in [-0.2, 0) is 0 Å². The van der Waals surface area contributed by atoms with E-state index in [9.17, 15) is 0 Å². The van der Waals surface area contributed by atoms with E-state index in [0.717, 1.165) is 22.8 Å². The number of benzene rings is 1. The monoisotopic (exact) mass is 272 g/mol. The largest absolute Gasteiger partial charge is 0.267 e. The summed E-state index contributed by atoms with van der Waals surface area (Å²) < 4.78 is 0. The van der Waals surface area contributed by atoms with Gasteiger partial charge in [0, 0.05) is 23.2 Å². The molecule has 0 heterocycles. The van der Waals surface area contributed by atoms with Crippen molar-refractivity contribution >= 4 is 23.8 Å². The molecule has 1 rings (SSSR count). The van der Waals surface area contributed by atoms with Crippen LogP contribution in [0.2, 0.25) is 0 Å². The maximum Gasteiger partial charge on any atom is 0.154 e. The summed E-state index contributed by atoms with van der Waals surface area (Å²) in [7, 11) is 0. The maximum atomic E-state index is 4.45. The van der Waals surface area contributed by atoms with Gasteiger partial charge >= 0.3 is 0 Å². The van der Waals surface area contributed by atoms with Gasteiger partial charge in [-0.3, -0.25) is 4.99 Å². The van der Waals surface area contributed by atoms with E-state index in [0.29, 0.717) is 0 Å². The average molecular weight is 272 g/mol. The number of rotatable bonds is 5. The molecule has 0 aliphatic heterocycles. The smallest absolute Gasteiger partial charge is 0.154 e. The van der Waals surface area contributed by atoms with Gasteiger partial charge in [0.15, 0.2) is 5.84 Å². The third-order valence-corrected chi connectivity index (χ3v) is 3.29. The normalized spacial score (nSPS) is 13.0. The number of allylic oxidation sites excluding steroid dienone is 3. The van der Waals surface area contributed by atoms with E-state index in [1.807, 2.05) is 44.2 Å². The molecule has 0 aliphatic rings. The number of nitrogens with zero attached hydrogens (tertiary/aromatic N) is 2. The molecule has 0 amide bonds. The molecule has 0 aromatic heterocycles. The minimum absolute atomic E-state index is 0.717. The fourth-order valence-electron chi connectivity index (χ4n) is 1.37. The van der Waals surface area contributed by atoms with Crippen molar-refractivity contribution in [1.82, 2.24) is 0 Å². The quantitative estimate of drug-likeness (QED) is 0.563. The number of thioether (sulfide) groups is 1. The summed E-state index contributed by atoms with van der Waals surface area (Å²) in [5.74, 6) is 0.753. The molecule has 0 atom stereocenters. The van der Waals surface area contributed by atoms with E-state index in [1.54, 1.807) is 18.0 Å². The molecule has 100 valence electrons. The standard InChI is InChI=1S/C16H20N2S/c1-5-13(3)19-14(4)12-18-16(17-6-2)15-10-8-7-9-11-15/h5,7-12H,4,6H2,1-3H3/b13-5+,17-16-,18-12-. The molecule has 19 heavy (non-hydrogen) atoms. The third-order valence-electron chi connectivity index (χ3n) is 2.37. The third kappa shape index (κ3) is 5.71. The summed E-state index contributed by atoms with van der Waals surface area (Å²) in [5, 5.41) is 0. The second kappa shape index (κ2) is 8.48. The van der Waals surface area contributed by atoms with Crippen LogP contribution in [0.4, 0.5) is 0 Å². The van der Waals surface area contributed by atoms with Crippen molar-refractivity contribution < 1.29 is 0 Å². The summed E-state index contributed by atoms with van der Waals surface area (Å²) in [6, 6.07) is 9.99. The van der Waals surface area contributed by atoms with Gasteiger partial charge < -0.3 is 0 Å². The van der Waals surface area contributed by atoms with Crippen molar-refractivity contribution in [3.63, 3.8) is 0 Å². The van der Waals surface area contributed by atoms with Crippen molar-refractivity contribution in [3.8, 4) is 0 Å². The summed E-state index contributed by atoms with van der Waals surface area (Å²) in [5.41, 5.74) is 1.03. The van der Waals surface area contributed by atoms with E-state index in [2.05, 4.69) is 29.6 Å². The summed E-state index contributed by atoms with van der Waals surface area (Å²) in [4.78, 5) is 11.0. The highest BCUT2D eigenvalue weighted by Gasteiger charge is 2.00. The second-order valence-corrected chi connectivity index (χ2v) is 5.26. The van der Waals surface area contributed by atoms with Crippen molar-refractivity contribution in [3.05, 3.63) is 58.4 Å². The Bertz CT molecular complexity index is 499. The summed E-state index contributed by atoms with van der Waals surface area (Å²) >= 11 is 1.62. The van der Waals surface area contributed by atoms with Crippen LogP contribution in [-0.4, -0.2) is 18.6 Å². The lowest BCUT2D eigenvalue weighted by Crippen LogP contribution is -1.98. The molecule has 0 bridgehead atoms. The fourth-order valence-corrected chi connectivity index (χ4v) is 2.01. The first-order valence-electron chi connectivity index (χ1n) is 6.31. The van der Waals surface area contributed by atoms with Gasteiger partial charge in [-0.15, -0.1) is 0 Å². The van der Waals surface area contributed by atoms with E-state index in [1.165, 1.54) is 4.91 Å². The van der Waals surface area contributed by atoms with Crippen molar-refractivity contribution in [2.45, 2.75) is 20.8 Å². The lowest BCUT2D eigenvalue weighted by atomic mass is 10.2.